The van der Waals surface area contributed by atoms with Crippen molar-refractivity contribution in [2.24, 2.45) is 0 Å². The number of nitrogens with zero attached hydrogens (tertiary/aromatic N) is 1. The number of nitrogens with two attached hydrogens (primary N) is 1. The van der Waals surface area contributed by atoms with Crippen molar-refractivity contribution in [3.8, 4) is 11.5 Å². The Labute approximate surface area is 106 Å². The SMILES string of the molecule is Nc1cc(Oc2ccccc2Cl)c(Br)cn1. The second-order valence-corrected chi connectivity index (χ2v) is 4.33. The smallest absolute Gasteiger partial charge is 0.146 e. The normalized spacial score (nSPS) is 10.1. The number of pyridine rings is 1. The molecule has 0 aliphatic rings. The van der Waals surface area contributed by atoms with Gasteiger partial charge in [0.15, 0.2) is 0 Å². The van der Waals surface area contributed by atoms with E-state index in [1.54, 1.807) is 24.4 Å². The van der Waals surface area contributed by atoms with Crippen molar-refractivity contribution < 1.29 is 4.74 Å². The molecule has 0 atom stereocenters. The average molecular weight is 300 g/mol. The minimum Gasteiger partial charge on any atom is -0.454 e. The van der Waals surface area contributed by atoms with E-state index in [9.17, 15) is 0 Å². The van der Waals surface area contributed by atoms with Gasteiger partial charge < -0.3 is 10.5 Å². The zero-order chi connectivity index (χ0) is 11.5. The van der Waals surface area contributed by atoms with Crippen LogP contribution in [0, 0.1) is 0 Å². The molecular formula is C11H8BrClN2O. The molecule has 0 aliphatic heterocycles. The number of benzene rings is 1. The summed E-state index contributed by atoms with van der Waals surface area (Å²) in [6, 6.07) is 8.86. The molecule has 1 heterocycles. The summed E-state index contributed by atoms with van der Waals surface area (Å²) in [5, 5.41) is 0.546. The van der Waals surface area contributed by atoms with Crippen LogP contribution in [0.5, 0.6) is 11.5 Å². The summed E-state index contributed by atoms with van der Waals surface area (Å²) in [5.41, 5.74) is 5.57. The van der Waals surface area contributed by atoms with Crippen molar-refractivity contribution in [3.63, 3.8) is 0 Å². The Bertz CT molecular complexity index is 519. The molecule has 0 spiro atoms. The lowest BCUT2D eigenvalue weighted by atomic mass is 10.3. The van der Waals surface area contributed by atoms with Crippen molar-refractivity contribution in [2.45, 2.75) is 0 Å². The molecule has 2 rings (SSSR count). The van der Waals surface area contributed by atoms with E-state index in [0.29, 0.717) is 22.3 Å². The molecule has 0 unspecified atom stereocenters. The van der Waals surface area contributed by atoms with Gasteiger partial charge in [0.05, 0.1) is 9.50 Å². The van der Waals surface area contributed by atoms with E-state index in [1.165, 1.54) is 0 Å². The molecule has 1 aromatic heterocycles. The van der Waals surface area contributed by atoms with E-state index in [1.807, 2.05) is 12.1 Å². The maximum atomic E-state index is 5.98. The Balaban J connectivity index is 2.34. The van der Waals surface area contributed by atoms with Crippen LogP contribution in [0.1, 0.15) is 0 Å². The minimum absolute atomic E-state index is 0.394. The van der Waals surface area contributed by atoms with E-state index in [4.69, 9.17) is 22.1 Å². The summed E-state index contributed by atoms with van der Waals surface area (Å²) >= 11 is 9.31. The van der Waals surface area contributed by atoms with Crippen LogP contribution in [0.3, 0.4) is 0 Å². The number of anilines is 1. The zero-order valence-electron chi connectivity index (χ0n) is 8.15. The van der Waals surface area contributed by atoms with Crippen LogP contribution in [0.2, 0.25) is 5.02 Å². The first-order valence-corrected chi connectivity index (χ1v) is 5.67. The highest BCUT2D eigenvalue weighted by Gasteiger charge is 2.06. The Morgan fingerprint density at radius 1 is 1.25 bits per heavy atom. The van der Waals surface area contributed by atoms with Gasteiger partial charge in [0.2, 0.25) is 0 Å². The van der Waals surface area contributed by atoms with Crippen LogP contribution in [-0.2, 0) is 0 Å². The third-order valence-corrected chi connectivity index (χ3v) is 2.81. The van der Waals surface area contributed by atoms with Crippen LogP contribution in [-0.4, -0.2) is 4.98 Å². The lowest BCUT2D eigenvalue weighted by molar-refractivity contribution is 0.479. The molecule has 2 aromatic rings. The molecule has 0 fully saturated rings. The monoisotopic (exact) mass is 298 g/mol. The first-order valence-electron chi connectivity index (χ1n) is 4.50. The third-order valence-electron chi connectivity index (χ3n) is 1.90. The van der Waals surface area contributed by atoms with Gasteiger partial charge in [0.1, 0.15) is 17.3 Å². The predicted octanol–water partition coefficient (Wildman–Crippen LogP) is 3.87. The largest absolute Gasteiger partial charge is 0.454 e. The number of para-hydroxylation sites is 1. The fourth-order valence-electron chi connectivity index (χ4n) is 1.16. The molecule has 82 valence electrons. The van der Waals surface area contributed by atoms with Crippen LogP contribution in [0.15, 0.2) is 41.0 Å². The first-order chi connectivity index (χ1) is 7.66. The van der Waals surface area contributed by atoms with Gasteiger partial charge in [-0.25, -0.2) is 4.98 Å². The van der Waals surface area contributed by atoms with Crippen molar-refractivity contribution in [1.29, 1.82) is 0 Å². The molecule has 0 saturated carbocycles. The van der Waals surface area contributed by atoms with Crippen LogP contribution < -0.4 is 10.5 Å². The Hall–Kier alpha value is -1.26. The quantitative estimate of drug-likeness (QED) is 0.915. The van der Waals surface area contributed by atoms with E-state index in [2.05, 4.69) is 20.9 Å². The summed E-state index contributed by atoms with van der Waals surface area (Å²) in [5.74, 6) is 1.56. The number of rotatable bonds is 2. The van der Waals surface area contributed by atoms with Gasteiger partial charge >= 0.3 is 0 Å². The Kier molecular flexibility index (Phi) is 3.31. The molecule has 0 amide bonds. The molecular weight excluding hydrogens is 291 g/mol. The van der Waals surface area contributed by atoms with Gasteiger partial charge in [-0.1, -0.05) is 23.7 Å². The highest BCUT2D eigenvalue weighted by molar-refractivity contribution is 9.10. The fourth-order valence-corrected chi connectivity index (χ4v) is 1.63. The molecule has 0 aliphatic carbocycles. The molecule has 2 N–H and O–H groups in total. The van der Waals surface area contributed by atoms with Crippen molar-refractivity contribution in [1.82, 2.24) is 4.98 Å². The summed E-state index contributed by atoms with van der Waals surface area (Å²) in [7, 11) is 0. The number of hydrogen-bond donors (Lipinski definition) is 1. The van der Waals surface area contributed by atoms with E-state index in [-0.39, 0.29) is 0 Å². The van der Waals surface area contributed by atoms with Gasteiger partial charge in [0, 0.05) is 12.3 Å². The highest BCUT2D eigenvalue weighted by atomic mass is 79.9. The molecule has 5 heteroatoms. The molecule has 3 nitrogen and oxygen atoms in total. The number of ether oxygens (including phenoxy) is 1. The number of nitrogen functional groups attached to an aromatic ring is 1. The minimum atomic E-state index is 0.394. The van der Waals surface area contributed by atoms with Crippen LogP contribution in [0.25, 0.3) is 0 Å². The fraction of sp³-hybridized carbons (Fsp3) is 0. The first kappa shape index (κ1) is 11.2. The average Bonchev–Trinajstić information content (AvgIpc) is 2.27. The van der Waals surface area contributed by atoms with Crippen molar-refractivity contribution in [3.05, 3.63) is 46.0 Å². The maximum absolute atomic E-state index is 5.98. The topological polar surface area (TPSA) is 48.1 Å². The summed E-state index contributed by atoms with van der Waals surface area (Å²) in [6.45, 7) is 0. The number of hydrogen-bond acceptors (Lipinski definition) is 3. The molecule has 0 saturated heterocycles. The second kappa shape index (κ2) is 4.72. The summed E-state index contributed by atoms with van der Waals surface area (Å²) in [6.07, 6.45) is 1.58. The van der Waals surface area contributed by atoms with Gasteiger partial charge in [-0.3, -0.25) is 0 Å². The lowest BCUT2D eigenvalue weighted by Gasteiger charge is -2.09. The predicted molar refractivity (Wildman–Crippen MR) is 67.9 cm³/mol. The molecule has 0 bridgehead atoms. The van der Waals surface area contributed by atoms with Crippen LogP contribution >= 0.6 is 27.5 Å². The zero-order valence-corrected chi connectivity index (χ0v) is 10.5. The van der Waals surface area contributed by atoms with Crippen molar-refractivity contribution >= 4 is 33.3 Å². The summed E-state index contributed by atoms with van der Waals surface area (Å²) < 4.78 is 6.35. The molecule has 16 heavy (non-hydrogen) atoms. The third kappa shape index (κ3) is 2.46. The second-order valence-electron chi connectivity index (χ2n) is 3.07. The number of aromatic nitrogens is 1. The summed E-state index contributed by atoms with van der Waals surface area (Å²) in [4.78, 5) is 3.92. The van der Waals surface area contributed by atoms with Crippen molar-refractivity contribution in [2.75, 3.05) is 5.73 Å². The molecule has 0 radical (unpaired) electrons. The van der Waals surface area contributed by atoms with E-state index >= 15 is 0 Å². The molecule has 1 aromatic carbocycles. The standard InChI is InChI=1S/C11H8BrClN2O/c12-7-6-15-11(14)5-10(7)16-9-4-2-1-3-8(9)13/h1-6H,(H2,14,15). The number of halogens is 2. The van der Waals surface area contributed by atoms with Gasteiger partial charge in [-0.15, -0.1) is 0 Å². The maximum Gasteiger partial charge on any atom is 0.146 e. The lowest BCUT2D eigenvalue weighted by Crippen LogP contribution is -1.92. The van der Waals surface area contributed by atoms with Crippen LogP contribution in [0.4, 0.5) is 5.82 Å². The van der Waals surface area contributed by atoms with E-state index in [0.717, 1.165) is 4.47 Å². The Morgan fingerprint density at radius 2 is 2.00 bits per heavy atom. The Morgan fingerprint density at radius 3 is 2.75 bits per heavy atom. The van der Waals surface area contributed by atoms with Gasteiger partial charge in [-0.2, -0.15) is 0 Å². The van der Waals surface area contributed by atoms with E-state index < -0.39 is 0 Å². The highest BCUT2D eigenvalue weighted by Crippen LogP contribution is 2.33. The van der Waals surface area contributed by atoms with Gasteiger partial charge in [-0.05, 0) is 28.1 Å². The van der Waals surface area contributed by atoms with Gasteiger partial charge in [0.25, 0.3) is 0 Å².